The van der Waals surface area contributed by atoms with Crippen LogP contribution in [0.1, 0.15) is 31.9 Å². The number of amides is 3. The molecule has 0 aromatic carbocycles. The average Bonchev–Trinajstić information content (AvgIpc) is 3.46. The Morgan fingerprint density at radius 1 is 1.33 bits per heavy atom. The van der Waals surface area contributed by atoms with Crippen molar-refractivity contribution in [1.29, 1.82) is 0 Å². The van der Waals surface area contributed by atoms with Gasteiger partial charge in [0.05, 0.1) is 12.4 Å². The molecule has 1 aliphatic heterocycles. The van der Waals surface area contributed by atoms with Crippen LogP contribution >= 0.6 is 11.8 Å². The predicted molar refractivity (Wildman–Crippen MR) is 121 cm³/mol. The molecule has 2 heterocycles. The quantitative estimate of drug-likeness (QED) is 0.204. The Bertz CT molecular complexity index is 820. The first-order valence-corrected chi connectivity index (χ1v) is 12.1. The summed E-state index contributed by atoms with van der Waals surface area (Å²) in [5, 5.41) is 24.3. The smallest absolute Gasteiger partial charge is 0.326 e. The van der Waals surface area contributed by atoms with Crippen LogP contribution in [-0.4, -0.2) is 97.6 Å². The number of H-pyrrole nitrogens is 1. The second kappa shape index (κ2) is 12.6. The highest BCUT2D eigenvalue weighted by Crippen LogP contribution is 2.19. The van der Waals surface area contributed by atoms with Crippen molar-refractivity contribution in [3.8, 4) is 0 Å². The number of aliphatic carboxylic acids is 1. The maximum atomic E-state index is 13.0. The number of nitrogens with zero attached hydrogens (tertiary/aromatic N) is 2. The molecule has 3 amide bonds. The van der Waals surface area contributed by atoms with Crippen LogP contribution in [0.2, 0.25) is 0 Å². The van der Waals surface area contributed by atoms with Gasteiger partial charge in [0.15, 0.2) is 0 Å². The Hall–Kier alpha value is -2.64. The number of imidazole rings is 1. The van der Waals surface area contributed by atoms with Gasteiger partial charge >= 0.3 is 5.97 Å². The topological polar surface area (TPSA) is 191 Å². The van der Waals surface area contributed by atoms with Gasteiger partial charge in [-0.15, -0.1) is 0 Å². The van der Waals surface area contributed by atoms with Crippen LogP contribution < -0.4 is 16.4 Å². The summed E-state index contributed by atoms with van der Waals surface area (Å²) in [5.74, 6) is -2.33. The third kappa shape index (κ3) is 7.44. The second-order valence-electron chi connectivity index (χ2n) is 7.98. The fourth-order valence-electron chi connectivity index (χ4n) is 3.56. The molecule has 7 N–H and O–H groups in total. The SMILES string of the molecule is CSCCC(NC(=O)C1CCCN1C(=O)C(N)C(C)O)C(=O)NC(Cc1cnc[nH]1)C(=O)O. The summed E-state index contributed by atoms with van der Waals surface area (Å²) in [6, 6.07) is -4.14. The van der Waals surface area contributed by atoms with E-state index in [1.807, 2.05) is 6.26 Å². The van der Waals surface area contributed by atoms with Crippen LogP contribution in [0.4, 0.5) is 0 Å². The van der Waals surface area contributed by atoms with Gasteiger partial charge in [0, 0.05) is 24.9 Å². The first kappa shape index (κ1) is 26.6. The molecule has 12 nitrogen and oxygen atoms in total. The lowest BCUT2D eigenvalue weighted by molar-refractivity contribution is -0.143. The standard InChI is InChI=1S/C20H32N6O6S/c1-11(27)16(21)19(30)26-6-3-4-15(26)18(29)24-13(5-7-33-2)17(28)25-14(20(31)32)8-12-9-22-10-23-12/h9-11,13-16,27H,3-8,21H2,1-2H3,(H,22,23)(H,24,29)(H,25,28)(H,31,32). The Balaban J connectivity index is 2.08. The minimum atomic E-state index is -1.22. The van der Waals surface area contributed by atoms with Crippen molar-refractivity contribution < 1.29 is 29.4 Å². The Kier molecular flexibility index (Phi) is 10.1. The van der Waals surface area contributed by atoms with Gasteiger partial charge in [0.25, 0.3) is 0 Å². The normalized spacial score (nSPS) is 19.4. The van der Waals surface area contributed by atoms with Crippen molar-refractivity contribution in [1.82, 2.24) is 25.5 Å². The molecule has 5 unspecified atom stereocenters. The summed E-state index contributed by atoms with van der Waals surface area (Å²) in [4.78, 5) is 58.1. The third-order valence-electron chi connectivity index (χ3n) is 5.48. The number of aliphatic hydroxyl groups is 1. The largest absolute Gasteiger partial charge is 0.480 e. The van der Waals surface area contributed by atoms with Gasteiger partial charge in [-0.2, -0.15) is 11.8 Å². The van der Waals surface area contributed by atoms with E-state index in [4.69, 9.17) is 5.73 Å². The number of aromatic amines is 1. The molecule has 1 saturated heterocycles. The lowest BCUT2D eigenvalue weighted by Crippen LogP contribution is -2.57. The maximum absolute atomic E-state index is 13.0. The Morgan fingerprint density at radius 2 is 2.06 bits per heavy atom. The van der Waals surface area contributed by atoms with E-state index in [0.717, 1.165) is 0 Å². The minimum absolute atomic E-state index is 0.00635. The lowest BCUT2D eigenvalue weighted by Gasteiger charge is -2.29. The first-order chi connectivity index (χ1) is 15.6. The van der Waals surface area contributed by atoms with Crippen molar-refractivity contribution in [2.24, 2.45) is 5.73 Å². The summed E-state index contributed by atoms with van der Waals surface area (Å²) in [7, 11) is 0. The molecule has 1 aliphatic rings. The molecule has 184 valence electrons. The molecular formula is C20H32N6O6S. The van der Waals surface area contributed by atoms with Crippen molar-refractivity contribution in [3.05, 3.63) is 18.2 Å². The summed E-state index contributed by atoms with van der Waals surface area (Å²) in [6.07, 6.45) is 4.94. The number of thioether (sulfide) groups is 1. The molecule has 0 saturated carbocycles. The molecular weight excluding hydrogens is 452 g/mol. The fraction of sp³-hybridized carbons (Fsp3) is 0.650. The first-order valence-electron chi connectivity index (χ1n) is 10.7. The van der Waals surface area contributed by atoms with E-state index in [0.29, 0.717) is 30.8 Å². The van der Waals surface area contributed by atoms with Gasteiger partial charge < -0.3 is 36.5 Å². The van der Waals surface area contributed by atoms with Gasteiger partial charge in [0.1, 0.15) is 24.2 Å². The van der Waals surface area contributed by atoms with E-state index in [9.17, 15) is 29.4 Å². The van der Waals surface area contributed by atoms with E-state index >= 15 is 0 Å². The number of aliphatic hydroxyl groups excluding tert-OH is 1. The molecule has 5 atom stereocenters. The summed E-state index contributed by atoms with van der Waals surface area (Å²) in [6.45, 7) is 1.73. The van der Waals surface area contributed by atoms with Gasteiger partial charge in [-0.05, 0) is 38.2 Å². The van der Waals surface area contributed by atoms with Crippen molar-refractivity contribution >= 4 is 35.5 Å². The van der Waals surface area contributed by atoms with Gasteiger partial charge in [-0.25, -0.2) is 9.78 Å². The van der Waals surface area contributed by atoms with Crippen molar-refractivity contribution in [3.63, 3.8) is 0 Å². The highest BCUT2D eigenvalue weighted by Gasteiger charge is 2.38. The average molecular weight is 485 g/mol. The van der Waals surface area contributed by atoms with Crippen LogP contribution in [0.25, 0.3) is 0 Å². The number of carboxylic acid groups (broad SMARTS) is 1. The van der Waals surface area contributed by atoms with Gasteiger partial charge in [-0.1, -0.05) is 0 Å². The number of rotatable bonds is 12. The number of carboxylic acids is 1. The van der Waals surface area contributed by atoms with Crippen LogP contribution in [0.5, 0.6) is 0 Å². The van der Waals surface area contributed by atoms with Crippen LogP contribution in [0, 0.1) is 0 Å². The maximum Gasteiger partial charge on any atom is 0.326 e. The molecule has 1 fully saturated rings. The minimum Gasteiger partial charge on any atom is -0.480 e. The van der Waals surface area contributed by atoms with E-state index in [1.54, 1.807) is 0 Å². The number of aromatic nitrogens is 2. The number of carbonyl (C=O) groups excluding carboxylic acids is 3. The Morgan fingerprint density at radius 3 is 2.64 bits per heavy atom. The molecule has 0 aliphatic carbocycles. The molecule has 1 aromatic heterocycles. The zero-order chi connectivity index (χ0) is 24.5. The molecule has 13 heteroatoms. The summed E-state index contributed by atoms with van der Waals surface area (Å²) in [5.41, 5.74) is 6.30. The summed E-state index contributed by atoms with van der Waals surface area (Å²) < 4.78 is 0. The van der Waals surface area contributed by atoms with Crippen LogP contribution in [0.3, 0.4) is 0 Å². The highest BCUT2D eigenvalue weighted by atomic mass is 32.2. The fourth-order valence-corrected chi connectivity index (χ4v) is 4.03. The van der Waals surface area contributed by atoms with Crippen LogP contribution in [0.15, 0.2) is 12.5 Å². The van der Waals surface area contributed by atoms with E-state index in [-0.39, 0.29) is 12.8 Å². The highest BCUT2D eigenvalue weighted by molar-refractivity contribution is 7.98. The predicted octanol–water partition coefficient (Wildman–Crippen LogP) is -1.54. The number of hydrogen-bond donors (Lipinski definition) is 6. The number of likely N-dealkylation sites (tertiary alicyclic amines) is 1. The number of carbonyl (C=O) groups is 4. The molecule has 0 radical (unpaired) electrons. The monoisotopic (exact) mass is 484 g/mol. The van der Waals surface area contributed by atoms with Crippen molar-refractivity contribution in [2.45, 2.75) is 62.9 Å². The van der Waals surface area contributed by atoms with E-state index < -0.39 is 54.0 Å². The Labute approximate surface area is 196 Å². The second-order valence-corrected chi connectivity index (χ2v) is 8.96. The molecule has 2 rings (SSSR count). The zero-order valence-corrected chi connectivity index (χ0v) is 19.5. The zero-order valence-electron chi connectivity index (χ0n) is 18.7. The van der Waals surface area contributed by atoms with Gasteiger partial charge in [-0.3, -0.25) is 14.4 Å². The number of hydrogen-bond acceptors (Lipinski definition) is 8. The number of nitrogens with two attached hydrogens (primary N) is 1. The van der Waals surface area contributed by atoms with E-state index in [1.165, 1.54) is 36.1 Å². The third-order valence-corrected chi connectivity index (χ3v) is 6.12. The molecule has 0 spiro atoms. The summed E-state index contributed by atoms with van der Waals surface area (Å²) >= 11 is 1.48. The number of nitrogens with one attached hydrogen (secondary N) is 3. The molecule has 1 aromatic rings. The van der Waals surface area contributed by atoms with Gasteiger partial charge in [0.2, 0.25) is 17.7 Å². The molecule has 0 bridgehead atoms. The van der Waals surface area contributed by atoms with E-state index in [2.05, 4.69) is 20.6 Å². The molecule has 33 heavy (non-hydrogen) atoms. The lowest BCUT2D eigenvalue weighted by atomic mass is 10.1. The van der Waals surface area contributed by atoms with Crippen molar-refractivity contribution in [2.75, 3.05) is 18.6 Å². The van der Waals surface area contributed by atoms with Crippen LogP contribution in [-0.2, 0) is 25.6 Å².